The lowest BCUT2D eigenvalue weighted by Gasteiger charge is -2.11. The van der Waals surface area contributed by atoms with E-state index in [1.54, 1.807) is 12.1 Å². The predicted octanol–water partition coefficient (Wildman–Crippen LogP) is 0.166. The fourth-order valence-electron chi connectivity index (χ4n) is 1.47. The highest BCUT2D eigenvalue weighted by Gasteiger charge is 2.08. The molecule has 0 aliphatic rings. The Kier molecular flexibility index (Phi) is 4.46. The molecular weight excluding hydrogens is 224 g/mol. The smallest absolute Gasteiger partial charge is 0.175 e. The fourth-order valence-corrected chi connectivity index (χ4v) is 2.10. The van der Waals surface area contributed by atoms with Gasteiger partial charge in [0.2, 0.25) is 0 Å². The third-order valence-corrected chi connectivity index (χ3v) is 3.67. The Labute approximate surface area is 96.6 Å². The van der Waals surface area contributed by atoms with Crippen molar-refractivity contribution in [2.45, 2.75) is 11.3 Å². The SMILES string of the molecule is CS(=O)(=O)c1ccc(CC(CN)CN)cc1. The molecule has 0 atom stereocenters. The average Bonchev–Trinajstić information content (AvgIpc) is 2.25. The molecule has 0 aromatic heterocycles. The first-order valence-electron chi connectivity index (χ1n) is 5.16. The standard InChI is InChI=1S/C11H18N2O2S/c1-16(14,15)11-4-2-9(3-5-11)6-10(7-12)8-13/h2-5,10H,6-8,12-13H2,1H3. The molecule has 0 radical (unpaired) electrons. The maximum atomic E-state index is 11.2. The second-order valence-electron chi connectivity index (χ2n) is 3.96. The van der Waals surface area contributed by atoms with Gasteiger partial charge in [-0.25, -0.2) is 8.42 Å². The van der Waals surface area contributed by atoms with Crippen LogP contribution in [0.5, 0.6) is 0 Å². The number of hydrogen-bond acceptors (Lipinski definition) is 4. The number of sulfone groups is 1. The molecule has 5 heteroatoms. The first-order valence-corrected chi connectivity index (χ1v) is 7.05. The number of nitrogens with two attached hydrogens (primary N) is 2. The molecule has 0 aliphatic heterocycles. The predicted molar refractivity (Wildman–Crippen MR) is 64.9 cm³/mol. The molecule has 0 amide bonds. The van der Waals surface area contributed by atoms with E-state index in [4.69, 9.17) is 11.5 Å². The van der Waals surface area contributed by atoms with E-state index in [1.165, 1.54) is 6.26 Å². The van der Waals surface area contributed by atoms with Crippen LogP contribution in [0.25, 0.3) is 0 Å². The van der Waals surface area contributed by atoms with Crippen molar-refractivity contribution in [2.75, 3.05) is 19.3 Å². The minimum Gasteiger partial charge on any atom is -0.330 e. The Morgan fingerprint density at radius 1 is 1.12 bits per heavy atom. The zero-order valence-corrected chi connectivity index (χ0v) is 10.2. The molecule has 0 spiro atoms. The van der Waals surface area contributed by atoms with Crippen molar-refractivity contribution in [1.82, 2.24) is 0 Å². The summed E-state index contributed by atoms with van der Waals surface area (Å²) in [7, 11) is -3.11. The monoisotopic (exact) mass is 242 g/mol. The lowest BCUT2D eigenvalue weighted by Crippen LogP contribution is -2.25. The molecule has 0 bridgehead atoms. The van der Waals surface area contributed by atoms with Gasteiger partial charge in [-0.3, -0.25) is 0 Å². The molecule has 1 rings (SSSR count). The summed E-state index contributed by atoms with van der Waals surface area (Å²) in [6.07, 6.45) is 1.99. The quantitative estimate of drug-likeness (QED) is 0.770. The summed E-state index contributed by atoms with van der Waals surface area (Å²) < 4.78 is 22.5. The summed E-state index contributed by atoms with van der Waals surface area (Å²) in [5, 5.41) is 0. The van der Waals surface area contributed by atoms with Crippen LogP contribution in [0.3, 0.4) is 0 Å². The van der Waals surface area contributed by atoms with Crippen LogP contribution in [0.1, 0.15) is 5.56 Å². The van der Waals surface area contributed by atoms with Gasteiger partial charge >= 0.3 is 0 Å². The van der Waals surface area contributed by atoms with Crippen molar-refractivity contribution >= 4 is 9.84 Å². The van der Waals surface area contributed by atoms with Crippen molar-refractivity contribution < 1.29 is 8.42 Å². The molecule has 0 aliphatic carbocycles. The minimum absolute atomic E-state index is 0.254. The first-order chi connectivity index (χ1) is 7.47. The van der Waals surface area contributed by atoms with Crippen molar-refractivity contribution in [3.05, 3.63) is 29.8 Å². The normalized spacial score (nSPS) is 12.0. The molecule has 0 heterocycles. The lowest BCUT2D eigenvalue weighted by molar-refractivity contribution is 0.548. The van der Waals surface area contributed by atoms with E-state index >= 15 is 0 Å². The first kappa shape index (κ1) is 13.2. The third kappa shape index (κ3) is 3.59. The van der Waals surface area contributed by atoms with Crippen molar-refractivity contribution in [1.29, 1.82) is 0 Å². The summed E-state index contributed by atoms with van der Waals surface area (Å²) in [5.74, 6) is 0.254. The maximum absolute atomic E-state index is 11.2. The molecule has 0 unspecified atom stereocenters. The maximum Gasteiger partial charge on any atom is 0.175 e. The summed E-state index contributed by atoms with van der Waals surface area (Å²) in [6.45, 7) is 1.09. The van der Waals surface area contributed by atoms with Gasteiger partial charge in [-0.05, 0) is 43.1 Å². The van der Waals surface area contributed by atoms with Gasteiger partial charge in [0.25, 0.3) is 0 Å². The van der Waals surface area contributed by atoms with Crippen LogP contribution in [0, 0.1) is 5.92 Å². The van der Waals surface area contributed by atoms with E-state index in [0.717, 1.165) is 12.0 Å². The number of rotatable bonds is 5. The van der Waals surface area contributed by atoms with E-state index in [-0.39, 0.29) is 5.92 Å². The van der Waals surface area contributed by atoms with Crippen LogP contribution in [-0.4, -0.2) is 27.8 Å². The Morgan fingerprint density at radius 3 is 2.00 bits per heavy atom. The van der Waals surface area contributed by atoms with E-state index in [2.05, 4.69) is 0 Å². The highest BCUT2D eigenvalue weighted by atomic mass is 32.2. The largest absolute Gasteiger partial charge is 0.330 e. The minimum atomic E-state index is -3.11. The van der Waals surface area contributed by atoms with Crippen LogP contribution in [0.4, 0.5) is 0 Å². The van der Waals surface area contributed by atoms with E-state index in [1.807, 2.05) is 12.1 Å². The summed E-state index contributed by atoms with van der Waals surface area (Å²) in [6, 6.07) is 6.87. The topological polar surface area (TPSA) is 86.2 Å². The van der Waals surface area contributed by atoms with Crippen LogP contribution < -0.4 is 11.5 Å². The highest BCUT2D eigenvalue weighted by molar-refractivity contribution is 7.90. The zero-order valence-electron chi connectivity index (χ0n) is 9.39. The molecule has 16 heavy (non-hydrogen) atoms. The summed E-state index contributed by atoms with van der Waals surface area (Å²) >= 11 is 0. The van der Waals surface area contributed by atoms with Gasteiger partial charge in [0.1, 0.15) is 0 Å². The third-order valence-electron chi connectivity index (χ3n) is 2.54. The Morgan fingerprint density at radius 2 is 1.62 bits per heavy atom. The van der Waals surface area contributed by atoms with Crippen LogP contribution in [0.2, 0.25) is 0 Å². The number of hydrogen-bond donors (Lipinski definition) is 2. The Hall–Kier alpha value is -0.910. The van der Waals surface area contributed by atoms with E-state index in [0.29, 0.717) is 18.0 Å². The van der Waals surface area contributed by atoms with Crippen LogP contribution in [-0.2, 0) is 16.3 Å². The molecule has 4 nitrogen and oxygen atoms in total. The number of benzene rings is 1. The van der Waals surface area contributed by atoms with Gasteiger partial charge in [0, 0.05) is 6.26 Å². The molecule has 0 fully saturated rings. The van der Waals surface area contributed by atoms with E-state index < -0.39 is 9.84 Å². The highest BCUT2D eigenvalue weighted by Crippen LogP contribution is 2.13. The lowest BCUT2D eigenvalue weighted by atomic mass is 10.00. The zero-order chi connectivity index (χ0) is 12.2. The fraction of sp³-hybridized carbons (Fsp3) is 0.455. The molecule has 1 aromatic carbocycles. The van der Waals surface area contributed by atoms with Gasteiger partial charge in [0.05, 0.1) is 4.90 Å². The average molecular weight is 242 g/mol. The van der Waals surface area contributed by atoms with Crippen LogP contribution >= 0.6 is 0 Å². The van der Waals surface area contributed by atoms with Crippen molar-refractivity contribution in [3.8, 4) is 0 Å². The Bertz CT molecular complexity index is 422. The second kappa shape index (κ2) is 5.43. The van der Waals surface area contributed by atoms with Crippen molar-refractivity contribution in [2.24, 2.45) is 17.4 Å². The van der Waals surface area contributed by atoms with Gasteiger partial charge < -0.3 is 11.5 Å². The second-order valence-corrected chi connectivity index (χ2v) is 5.97. The molecule has 4 N–H and O–H groups in total. The van der Waals surface area contributed by atoms with Gasteiger partial charge in [-0.2, -0.15) is 0 Å². The molecule has 90 valence electrons. The Balaban J connectivity index is 2.80. The molecule has 0 saturated carbocycles. The van der Waals surface area contributed by atoms with Gasteiger partial charge in [0.15, 0.2) is 9.84 Å². The van der Waals surface area contributed by atoms with Crippen LogP contribution in [0.15, 0.2) is 29.2 Å². The molecular formula is C11H18N2O2S. The molecule has 0 saturated heterocycles. The van der Waals surface area contributed by atoms with E-state index in [9.17, 15) is 8.42 Å². The van der Waals surface area contributed by atoms with Gasteiger partial charge in [-0.15, -0.1) is 0 Å². The summed E-state index contributed by atoms with van der Waals surface area (Å²) in [4.78, 5) is 0.341. The molecule has 1 aromatic rings. The summed E-state index contributed by atoms with van der Waals surface area (Å²) in [5.41, 5.74) is 12.2. The van der Waals surface area contributed by atoms with Crippen molar-refractivity contribution in [3.63, 3.8) is 0 Å². The van der Waals surface area contributed by atoms with Gasteiger partial charge in [-0.1, -0.05) is 12.1 Å².